The van der Waals surface area contributed by atoms with Gasteiger partial charge in [-0.15, -0.1) is 11.3 Å². The number of fused-ring (bicyclic) bond motifs is 3. The van der Waals surface area contributed by atoms with Gasteiger partial charge in [0.05, 0.1) is 5.39 Å². The first-order chi connectivity index (χ1) is 14.2. The molecule has 0 bridgehead atoms. The summed E-state index contributed by atoms with van der Waals surface area (Å²) in [6.07, 6.45) is 6.80. The summed E-state index contributed by atoms with van der Waals surface area (Å²) in [4.78, 5) is 29.0. The maximum Gasteiger partial charge on any atom is 0.242 e. The third-order valence-corrected chi connectivity index (χ3v) is 6.47. The average molecular weight is 424 g/mol. The summed E-state index contributed by atoms with van der Waals surface area (Å²) in [7, 11) is 0. The Bertz CT molecular complexity index is 1070. The molecule has 6 nitrogen and oxygen atoms in total. The van der Waals surface area contributed by atoms with E-state index in [1.165, 1.54) is 16.9 Å². The lowest BCUT2D eigenvalue weighted by atomic mass is 9.89. The van der Waals surface area contributed by atoms with Gasteiger partial charge in [0.15, 0.2) is 5.82 Å². The van der Waals surface area contributed by atoms with E-state index in [0.717, 1.165) is 34.4 Å². The molecule has 0 aromatic carbocycles. The molecular weight excluding hydrogens is 394 g/mol. The maximum atomic E-state index is 12.7. The van der Waals surface area contributed by atoms with Gasteiger partial charge in [-0.2, -0.15) is 0 Å². The van der Waals surface area contributed by atoms with Gasteiger partial charge in [-0.25, -0.2) is 9.97 Å². The van der Waals surface area contributed by atoms with E-state index < -0.39 is 6.04 Å². The van der Waals surface area contributed by atoms with Crippen LogP contribution >= 0.6 is 11.3 Å². The van der Waals surface area contributed by atoms with Crippen LogP contribution in [0.1, 0.15) is 51.5 Å². The maximum absolute atomic E-state index is 12.7. The van der Waals surface area contributed by atoms with E-state index in [2.05, 4.69) is 22.5 Å². The Morgan fingerprint density at radius 2 is 2.10 bits per heavy atom. The number of aryl methyl sites for hydroxylation is 1. The second kappa shape index (κ2) is 7.95. The standard InChI is InChI=1S/C23H29N5OS/c1-13-8-9-16-17(11-13)30-22-18(16)20(25-14(2)21(29)28-23(3,4)5)26-19(27-22)15-7-6-10-24-12-15/h6-7,10,12-14H,8-9,11H2,1-5H3,(H,28,29)(H,25,26,27)/t13-,14-/m1/s1. The minimum atomic E-state index is -0.415. The highest BCUT2D eigenvalue weighted by Gasteiger charge is 2.26. The first kappa shape index (κ1) is 20.7. The van der Waals surface area contributed by atoms with Gasteiger partial charge in [0, 0.05) is 28.4 Å². The van der Waals surface area contributed by atoms with Gasteiger partial charge < -0.3 is 10.6 Å². The number of nitrogens with one attached hydrogen (secondary N) is 2. The van der Waals surface area contributed by atoms with Gasteiger partial charge in [-0.05, 0) is 70.6 Å². The lowest BCUT2D eigenvalue weighted by molar-refractivity contribution is -0.122. The molecule has 4 rings (SSSR count). The molecule has 2 N–H and O–H groups in total. The van der Waals surface area contributed by atoms with Crippen LogP contribution in [0, 0.1) is 5.92 Å². The Hall–Kier alpha value is -2.54. The van der Waals surface area contributed by atoms with Crippen LogP contribution < -0.4 is 10.6 Å². The first-order valence-electron chi connectivity index (χ1n) is 10.5. The molecule has 1 aliphatic rings. The summed E-state index contributed by atoms with van der Waals surface area (Å²) in [6.45, 7) is 10.1. The molecule has 2 atom stereocenters. The van der Waals surface area contributed by atoms with Gasteiger partial charge in [-0.3, -0.25) is 9.78 Å². The number of thiophene rings is 1. The molecule has 0 unspecified atom stereocenters. The summed E-state index contributed by atoms with van der Waals surface area (Å²) in [6, 6.07) is 3.43. The number of carbonyl (C=O) groups is 1. The number of rotatable bonds is 4. The van der Waals surface area contributed by atoms with Crippen molar-refractivity contribution in [1.82, 2.24) is 20.3 Å². The second-order valence-corrected chi connectivity index (χ2v) is 10.4. The third kappa shape index (κ3) is 4.31. The van der Waals surface area contributed by atoms with E-state index in [1.54, 1.807) is 23.7 Å². The number of pyridine rings is 1. The monoisotopic (exact) mass is 423 g/mol. The van der Waals surface area contributed by atoms with Gasteiger partial charge in [0.25, 0.3) is 0 Å². The van der Waals surface area contributed by atoms with Crippen molar-refractivity contribution in [3.8, 4) is 11.4 Å². The van der Waals surface area contributed by atoms with Crippen molar-refractivity contribution in [2.45, 2.75) is 65.5 Å². The van der Waals surface area contributed by atoms with Crippen molar-refractivity contribution in [3.05, 3.63) is 35.0 Å². The van der Waals surface area contributed by atoms with E-state index >= 15 is 0 Å². The van der Waals surface area contributed by atoms with Gasteiger partial charge in [0.2, 0.25) is 5.91 Å². The molecule has 0 aliphatic heterocycles. The predicted octanol–water partition coefficient (Wildman–Crippen LogP) is 4.59. The summed E-state index contributed by atoms with van der Waals surface area (Å²) in [5, 5.41) is 7.51. The van der Waals surface area contributed by atoms with Crippen molar-refractivity contribution in [2.75, 3.05) is 5.32 Å². The topological polar surface area (TPSA) is 79.8 Å². The molecule has 0 radical (unpaired) electrons. The molecule has 3 heterocycles. The molecule has 0 saturated heterocycles. The zero-order chi connectivity index (χ0) is 21.5. The zero-order valence-electron chi connectivity index (χ0n) is 18.2. The Balaban J connectivity index is 1.78. The van der Waals surface area contributed by atoms with E-state index in [0.29, 0.717) is 11.7 Å². The fourth-order valence-corrected chi connectivity index (χ4v) is 5.20. The molecule has 0 fully saturated rings. The SMILES string of the molecule is C[C@@H]1CCc2c(sc3nc(-c4cccnc4)nc(N[C@H](C)C(=O)NC(C)(C)C)c23)C1. The molecule has 0 spiro atoms. The van der Waals surface area contributed by atoms with E-state index in [1.807, 2.05) is 39.8 Å². The Morgan fingerprint density at radius 3 is 2.80 bits per heavy atom. The number of anilines is 1. The Morgan fingerprint density at radius 1 is 1.30 bits per heavy atom. The van der Waals surface area contributed by atoms with Crippen molar-refractivity contribution >= 4 is 33.3 Å². The smallest absolute Gasteiger partial charge is 0.242 e. The van der Waals surface area contributed by atoms with Crippen LogP contribution in [0.3, 0.4) is 0 Å². The number of amides is 1. The minimum absolute atomic E-state index is 0.0464. The van der Waals surface area contributed by atoms with E-state index in [-0.39, 0.29) is 11.4 Å². The summed E-state index contributed by atoms with van der Waals surface area (Å²) in [5.41, 5.74) is 1.93. The lowest BCUT2D eigenvalue weighted by Gasteiger charge is -2.24. The third-order valence-electron chi connectivity index (χ3n) is 5.32. The highest BCUT2D eigenvalue weighted by molar-refractivity contribution is 7.19. The minimum Gasteiger partial charge on any atom is -0.358 e. The lowest BCUT2D eigenvalue weighted by Crippen LogP contribution is -2.47. The molecule has 1 aliphatic carbocycles. The normalized spacial score (nSPS) is 17.4. The predicted molar refractivity (Wildman–Crippen MR) is 123 cm³/mol. The van der Waals surface area contributed by atoms with E-state index in [4.69, 9.17) is 9.97 Å². The molecule has 3 aromatic heterocycles. The number of aromatic nitrogens is 3. The Labute approximate surface area is 181 Å². The van der Waals surface area contributed by atoms with Crippen molar-refractivity contribution in [1.29, 1.82) is 0 Å². The van der Waals surface area contributed by atoms with Crippen LogP contribution in [-0.4, -0.2) is 32.4 Å². The number of carbonyl (C=O) groups excluding carboxylic acids is 1. The molecule has 3 aromatic rings. The zero-order valence-corrected chi connectivity index (χ0v) is 19.1. The van der Waals surface area contributed by atoms with Crippen LogP contribution in [0.5, 0.6) is 0 Å². The van der Waals surface area contributed by atoms with Crippen molar-refractivity contribution < 1.29 is 4.79 Å². The van der Waals surface area contributed by atoms with Gasteiger partial charge in [0.1, 0.15) is 16.7 Å². The first-order valence-corrected chi connectivity index (χ1v) is 11.3. The summed E-state index contributed by atoms with van der Waals surface area (Å²) >= 11 is 1.76. The molecule has 30 heavy (non-hydrogen) atoms. The van der Waals surface area contributed by atoms with Crippen LogP contribution in [0.25, 0.3) is 21.6 Å². The molecular formula is C23H29N5OS. The quantitative estimate of drug-likeness (QED) is 0.641. The number of hydrogen-bond acceptors (Lipinski definition) is 6. The van der Waals surface area contributed by atoms with Gasteiger partial charge in [-0.1, -0.05) is 6.92 Å². The number of hydrogen-bond donors (Lipinski definition) is 2. The summed E-state index contributed by atoms with van der Waals surface area (Å²) in [5.74, 6) is 2.01. The molecule has 7 heteroatoms. The van der Waals surface area contributed by atoms with Crippen LogP contribution in [0.2, 0.25) is 0 Å². The van der Waals surface area contributed by atoms with E-state index in [9.17, 15) is 4.79 Å². The highest BCUT2D eigenvalue weighted by atomic mass is 32.1. The fraction of sp³-hybridized carbons (Fsp3) is 0.478. The second-order valence-electron chi connectivity index (χ2n) is 9.27. The molecule has 158 valence electrons. The molecule has 0 saturated carbocycles. The molecule has 1 amide bonds. The summed E-state index contributed by atoms with van der Waals surface area (Å²) < 4.78 is 0. The van der Waals surface area contributed by atoms with Crippen molar-refractivity contribution in [2.24, 2.45) is 5.92 Å². The van der Waals surface area contributed by atoms with Crippen LogP contribution in [0.4, 0.5) is 5.82 Å². The average Bonchev–Trinajstić information content (AvgIpc) is 3.04. The van der Waals surface area contributed by atoms with Gasteiger partial charge >= 0.3 is 0 Å². The van der Waals surface area contributed by atoms with Crippen molar-refractivity contribution in [3.63, 3.8) is 0 Å². The van der Waals surface area contributed by atoms with Crippen LogP contribution in [0.15, 0.2) is 24.5 Å². The number of nitrogens with zero attached hydrogens (tertiary/aromatic N) is 3. The highest BCUT2D eigenvalue weighted by Crippen LogP contribution is 2.41. The van der Waals surface area contributed by atoms with Crippen LogP contribution in [-0.2, 0) is 17.6 Å². The fourth-order valence-electron chi connectivity index (χ4n) is 3.82. The largest absolute Gasteiger partial charge is 0.358 e. The Kier molecular flexibility index (Phi) is 5.49.